The molecule has 0 aliphatic heterocycles. The Balaban J connectivity index is 3.03. The van der Waals surface area contributed by atoms with E-state index in [1.54, 1.807) is 11.0 Å². The quantitative estimate of drug-likeness (QED) is 0.797. The van der Waals surface area contributed by atoms with E-state index in [0.29, 0.717) is 31.0 Å². The third kappa shape index (κ3) is 5.02. The number of rotatable bonds is 8. The highest BCUT2D eigenvalue weighted by Gasteiger charge is 2.28. The van der Waals surface area contributed by atoms with Crippen LogP contribution in [0.4, 0.5) is 0 Å². The van der Waals surface area contributed by atoms with Crippen LogP contribution in [0.5, 0.6) is 0 Å². The van der Waals surface area contributed by atoms with Crippen LogP contribution in [0.3, 0.4) is 0 Å². The Bertz CT molecular complexity index is 505. The van der Waals surface area contributed by atoms with E-state index in [1.165, 1.54) is 0 Å². The highest BCUT2D eigenvalue weighted by Crippen LogP contribution is 2.20. The summed E-state index contributed by atoms with van der Waals surface area (Å²) in [5.74, 6) is -0.123. The number of carbonyl (C=O) groups excluding carboxylic acids is 2. The molecule has 1 aromatic carbocycles. The molecule has 0 aliphatic carbocycles. The molecule has 0 spiro atoms. The first-order chi connectivity index (χ1) is 10.5. The molecule has 5 heteroatoms. The van der Waals surface area contributed by atoms with Crippen molar-refractivity contribution in [1.82, 2.24) is 10.2 Å². The van der Waals surface area contributed by atoms with E-state index in [4.69, 9.17) is 11.6 Å². The van der Waals surface area contributed by atoms with E-state index in [2.05, 4.69) is 5.32 Å². The molecule has 0 fully saturated rings. The van der Waals surface area contributed by atoms with Crippen molar-refractivity contribution in [2.75, 3.05) is 6.54 Å². The summed E-state index contributed by atoms with van der Waals surface area (Å²) in [6.45, 7) is 6.65. The molecule has 1 N–H and O–H groups in total. The predicted molar refractivity (Wildman–Crippen MR) is 89.7 cm³/mol. The molecular weight excluding hydrogens is 300 g/mol. The molecule has 0 heterocycles. The number of hydrogen-bond acceptors (Lipinski definition) is 2. The topological polar surface area (TPSA) is 49.4 Å². The van der Waals surface area contributed by atoms with Gasteiger partial charge in [-0.3, -0.25) is 9.59 Å². The summed E-state index contributed by atoms with van der Waals surface area (Å²) in [5, 5.41) is 3.42. The minimum absolute atomic E-state index is 0.0134. The number of nitrogens with one attached hydrogen (secondary N) is 1. The maximum absolute atomic E-state index is 12.5. The summed E-state index contributed by atoms with van der Waals surface area (Å²) in [7, 11) is 0. The largest absolute Gasteiger partial charge is 0.355 e. The molecule has 2 amide bonds. The fourth-order valence-corrected chi connectivity index (χ4v) is 2.57. The summed E-state index contributed by atoms with van der Waals surface area (Å²) in [6, 6.07) is 6.96. The third-order valence-corrected chi connectivity index (χ3v) is 3.87. The Kier molecular flexibility index (Phi) is 7.96. The molecule has 4 nitrogen and oxygen atoms in total. The molecule has 0 aliphatic rings. The standard InChI is InChI=1S/C17H25ClN2O2/c1-4-9-16(21)20(15(5-2)17(22)19-6-3)12-13-10-7-8-11-14(13)18/h7-8,10-11,15H,4-6,9,12H2,1-3H3,(H,19,22). The molecule has 0 bridgehead atoms. The molecule has 22 heavy (non-hydrogen) atoms. The first kappa shape index (κ1) is 18.5. The molecule has 0 aromatic heterocycles. The monoisotopic (exact) mass is 324 g/mol. The average Bonchev–Trinajstić information content (AvgIpc) is 2.49. The number of likely N-dealkylation sites (N-methyl/N-ethyl adjacent to an activating group) is 1. The van der Waals surface area contributed by atoms with Crippen LogP contribution in [0, 0.1) is 0 Å². The minimum Gasteiger partial charge on any atom is -0.355 e. The lowest BCUT2D eigenvalue weighted by Crippen LogP contribution is -2.48. The van der Waals surface area contributed by atoms with Gasteiger partial charge in [-0.25, -0.2) is 0 Å². The fourth-order valence-electron chi connectivity index (χ4n) is 2.38. The van der Waals surface area contributed by atoms with Crippen LogP contribution >= 0.6 is 11.6 Å². The maximum atomic E-state index is 12.5. The smallest absolute Gasteiger partial charge is 0.242 e. The number of nitrogens with zero attached hydrogens (tertiary/aromatic N) is 1. The highest BCUT2D eigenvalue weighted by molar-refractivity contribution is 6.31. The van der Waals surface area contributed by atoms with Crippen molar-refractivity contribution in [2.24, 2.45) is 0 Å². The van der Waals surface area contributed by atoms with Gasteiger partial charge in [-0.15, -0.1) is 0 Å². The van der Waals surface area contributed by atoms with Crippen LogP contribution in [0.1, 0.15) is 45.6 Å². The molecule has 1 unspecified atom stereocenters. The van der Waals surface area contributed by atoms with E-state index in [-0.39, 0.29) is 11.8 Å². The van der Waals surface area contributed by atoms with Crippen LogP contribution < -0.4 is 5.32 Å². The van der Waals surface area contributed by atoms with Gasteiger partial charge in [0.05, 0.1) is 0 Å². The van der Waals surface area contributed by atoms with Gasteiger partial charge in [0.15, 0.2) is 0 Å². The normalized spacial score (nSPS) is 11.8. The van der Waals surface area contributed by atoms with Crippen LogP contribution in [0.25, 0.3) is 0 Å². The van der Waals surface area contributed by atoms with Crippen LogP contribution in [-0.2, 0) is 16.1 Å². The second-order valence-corrected chi connectivity index (χ2v) is 5.59. The van der Waals surface area contributed by atoms with Crippen molar-refractivity contribution in [3.63, 3.8) is 0 Å². The Morgan fingerprint density at radius 1 is 1.23 bits per heavy atom. The third-order valence-electron chi connectivity index (χ3n) is 3.50. The van der Waals surface area contributed by atoms with Gasteiger partial charge < -0.3 is 10.2 Å². The summed E-state index contributed by atoms with van der Waals surface area (Å²) < 4.78 is 0. The summed E-state index contributed by atoms with van der Waals surface area (Å²) in [5.41, 5.74) is 0.858. The molecule has 0 radical (unpaired) electrons. The van der Waals surface area contributed by atoms with E-state index >= 15 is 0 Å². The van der Waals surface area contributed by atoms with Crippen molar-refractivity contribution in [3.05, 3.63) is 34.9 Å². The van der Waals surface area contributed by atoms with Gasteiger partial charge in [0, 0.05) is 24.5 Å². The van der Waals surface area contributed by atoms with Crippen molar-refractivity contribution in [2.45, 2.75) is 52.6 Å². The number of carbonyl (C=O) groups is 2. The molecule has 1 rings (SSSR count). The van der Waals surface area contributed by atoms with E-state index < -0.39 is 6.04 Å². The molecule has 0 saturated carbocycles. The van der Waals surface area contributed by atoms with E-state index in [1.807, 2.05) is 39.0 Å². The lowest BCUT2D eigenvalue weighted by molar-refractivity contribution is -0.141. The van der Waals surface area contributed by atoms with Crippen LogP contribution in [0.15, 0.2) is 24.3 Å². The summed E-state index contributed by atoms with van der Waals surface area (Å²) in [6.07, 6.45) is 1.76. The molecule has 1 atom stereocenters. The van der Waals surface area contributed by atoms with E-state index in [9.17, 15) is 9.59 Å². The minimum atomic E-state index is -0.463. The number of hydrogen-bond donors (Lipinski definition) is 1. The van der Waals surface area contributed by atoms with Gasteiger partial charge in [0.2, 0.25) is 11.8 Å². The Hall–Kier alpha value is -1.55. The van der Waals surface area contributed by atoms with Crippen molar-refractivity contribution < 1.29 is 9.59 Å². The van der Waals surface area contributed by atoms with Crippen LogP contribution in [0.2, 0.25) is 5.02 Å². The van der Waals surface area contributed by atoms with Gasteiger partial charge in [-0.2, -0.15) is 0 Å². The zero-order valence-electron chi connectivity index (χ0n) is 13.6. The number of amides is 2. The Morgan fingerprint density at radius 2 is 1.91 bits per heavy atom. The lowest BCUT2D eigenvalue weighted by atomic mass is 10.1. The van der Waals surface area contributed by atoms with Gasteiger partial charge in [0.25, 0.3) is 0 Å². The molecule has 0 saturated heterocycles. The Labute approximate surface area is 137 Å². The second-order valence-electron chi connectivity index (χ2n) is 5.18. The fraction of sp³-hybridized carbons (Fsp3) is 0.529. The lowest BCUT2D eigenvalue weighted by Gasteiger charge is -2.30. The zero-order chi connectivity index (χ0) is 16.5. The summed E-state index contributed by atoms with van der Waals surface area (Å²) >= 11 is 6.20. The number of benzene rings is 1. The molecular formula is C17H25ClN2O2. The van der Waals surface area contributed by atoms with Crippen LogP contribution in [-0.4, -0.2) is 29.3 Å². The molecule has 122 valence electrons. The first-order valence-electron chi connectivity index (χ1n) is 7.85. The van der Waals surface area contributed by atoms with Gasteiger partial charge in [-0.1, -0.05) is 43.6 Å². The van der Waals surface area contributed by atoms with E-state index in [0.717, 1.165) is 12.0 Å². The first-order valence-corrected chi connectivity index (χ1v) is 8.23. The van der Waals surface area contributed by atoms with Gasteiger partial charge >= 0.3 is 0 Å². The SMILES string of the molecule is CCCC(=O)N(Cc1ccccc1Cl)C(CC)C(=O)NCC. The van der Waals surface area contributed by atoms with Gasteiger partial charge in [0.1, 0.15) is 6.04 Å². The van der Waals surface area contributed by atoms with Crippen molar-refractivity contribution in [3.8, 4) is 0 Å². The molecule has 1 aromatic rings. The average molecular weight is 325 g/mol. The maximum Gasteiger partial charge on any atom is 0.242 e. The number of halogens is 1. The zero-order valence-corrected chi connectivity index (χ0v) is 14.3. The highest BCUT2D eigenvalue weighted by atomic mass is 35.5. The van der Waals surface area contributed by atoms with Crippen molar-refractivity contribution >= 4 is 23.4 Å². The Morgan fingerprint density at radius 3 is 2.45 bits per heavy atom. The predicted octanol–water partition coefficient (Wildman–Crippen LogP) is 3.38. The summed E-state index contributed by atoms with van der Waals surface area (Å²) in [4.78, 5) is 26.4. The van der Waals surface area contributed by atoms with Gasteiger partial charge in [-0.05, 0) is 31.4 Å². The van der Waals surface area contributed by atoms with Crippen molar-refractivity contribution in [1.29, 1.82) is 0 Å². The second kappa shape index (κ2) is 9.46.